The van der Waals surface area contributed by atoms with Crippen molar-refractivity contribution in [3.8, 4) is 0 Å². The zero-order valence-corrected chi connectivity index (χ0v) is 9.71. The summed E-state index contributed by atoms with van der Waals surface area (Å²) in [4.78, 5) is 2.49. The van der Waals surface area contributed by atoms with Gasteiger partial charge in [0.25, 0.3) is 0 Å². The van der Waals surface area contributed by atoms with E-state index in [0.29, 0.717) is 12.6 Å². The van der Waals surface area contributed by atoms with Crippen LogP contribution in [0.4, 0.5) is 0 Å². The van der Waals surface area contributed by atoms with Crippen LogP contribution in [0.25, 0.3) is 0 Å². The molecule has 0 aromatic rings. The van der Waals surface area contributed by atoms with Gasteiger partial charge in [-0.05, 0) is 46.7 Å². The highest BCUT2D eigenvalue weighted by Crippen LogP contribution is 2.07. The van der Waals surface area contributed by atoms with Crippen LogP contribution in [0.5, 0.6) is 0 Å². The SMILES string of the molecule is CC(CN1CCCC1)NCC(C)(C)O. The predicted octanol–water partition coefficient (Wildman–Crippen LogP) is 0.831. The minimum atomic E-state index is -0.598. The monoisotopic (exact) mass is 200 g/mol. The average Bonchev–Trinajstić information content (AvgIpc) is 2.52. The van der Waals surface area contributed by atoms with E-state index in [1.807, 2.05) is 13.8 Å². The van der Waals surface area contributed by atoms with Gasteiger partial charge in [0.1, 0.15) is 0 Å². The Bertz CT molecular complexity index is 159. The van der Waals surface area contributed by atoms with Crippen LogP contribution in [0.2, 0.25) is 0 Å². The van der Waals surface area contributed by atoms with Gasteiger partial charge in [-0.15, -0.1) is 0 Å². The summed E-state index contributed by atoms with van der Waals surface area (Å²) in [5.74, 6) is 0. The van der Waals surface area contributed by atoms with Crippen molar-refractivity contribution in [3.05, 3.63) is 0 Å². The molecule has 14 heavy (non-hydrogen) atoms. The summed E-state index contributed by atoms with van der Waals surface area (Å²) < 4.78 is 0. The third-order valence-electron chi connectivity index (χ3n) is 2.61. The largest absolute Gasteiger partial charge is 0.389 e. The first-order valence-electron chi connectivity index (χ1n) is 5.65. The summed E-state index contributed by atoms with van der Waals surface area (Å²) in [5, 5.41) is 12.9. The van der Waals surface area contributed by atoms with Crippen LogP contribution in [0.1, 0.15) is 33.6 Å². The van der Waals surface area contributed by atoms with Gasteiger partial charge in [-0.3, -0.25) is 0 Å². The van der Waals surface area contributed by atoms with E-state index in [4.69, 9.17) is 0 Å². The molecule has 0 aliphatic carbocycles. The molecule has 1 aliphatic heterocycles. The van der Waals surface area contributed by atoms with Gasteiger partial charge >= 0.3 is 0 Å². The van der Waals surface area contributed by atoms with Crippen molar-refractivity contribution in [1.29, 1.82) is 0 Å². The first kappa shape index (κ1) is 12.0. The van der Waals surface area contributed by atoms with Gasteiger partial charge in [0.15, 0.2) is 0 Å². The molecule has 2 N–H and O–H groups in total. The third-order valence-corrected chi connectivity index (χ3v) is 2.61. The van der Waals surface area contributed by atoms with E-state index in [2.05, 4.69) is 17.1 Å². The van der Waals surface area contributed by atoms with Crippen molar-refractivity contribution in [1.82, 2.24) is 10.2 Å². The molecule has 1 aliphatic rings. The number of hydrogen-bond acceptors (Lipinski definition) is 3. The fourth-order valence-electron chi connectivity index (χ4n) is 1.84. The van der Waals surface area contributed by atoms with Crippen molar-refractivity contribution in [3.63, 3.8) is 0 Å². The zero-order valence-electron chi connectivity index (χ0n) is 9.71. The summed E-state index contributed by atoms with van der Waals surface area (Å²) in [7, 11) is 0. The van der Waals surface area contributed by atoms with Crippen molar-refractivity contribution in [2.75, 3.05) is 26.2 Å². The molecule has 1 saturated heterocycles. The van der Waals surface area contributed by atoms with Gasteiger partial charge in [0.05, 0.1) is 5.60 Å². The minimum Gasteiger partial charge on any atom is -0.389 e. The summed E-state index contributed by atoms with van der Waals surface area (Å²) in [6.45, 7) is 10.1. The molecule has 0 amide bonds. The van der Waals surface area contributed by atoms with E-state index >= 15 is 0 Å². The van der Waals surface area contributed by atoms with E-state index in [-0.39, 0.29) is 0 Å². The second-order valence-corrected chi connectivity index (χ2v) is 5.10. The van der Waals surface area contributed by atoms with Gasteiger partial charge in [-0.1, -0.05) is 0 Å². The number of nitrogens with zero attached hydrogens (tertiary/aromatic N) is 1. The topological polar surface area (TPSA) is 35.5 Å². The molecular formula is C11H24N2O. The Morgan fingerprint density at radius 2 is 1.93 bits per heavy atom. The fraction of sp³-hybridized carbons (Fsp3) is 1.00. The lowest BCUT2D eigenvalue weighted by Crippen LogP contribution is -2.44. The number of hydrogen-bond donors (Lipinski definition) is 2. The molecule has 1 atom stereocenters. The lowest BCUT2D eigenvalue weighted by molar-refractivity contribution is 0.0755. The Balaban J connectivity index is 2.12. The normalized spacial score (nSPS) is 21.4. The molecule has 3 nitrogen and oxygen atoms in total. The molecule has 0 bridgehead atoms. The number of nitrogens with one attached hydrogen (secondary N) is 1. The number of aliphatic hydroxyl groups is 1. The fourth-order valence-corrected chi connectivity index (χ4v) is 1.84. The van der Waals surface area contributed by atoms with Crippen molar-refractivity contribution in [2.45, 2.75) is 45.3 Å². The summed E-state index contributed by atoms with van der Waals surface area (Å²) >= 11 is 0. The number of rotatable bonds is 5. The third kappa shape index (κ3) is 4.94. The quantitative estimate of drug-likeness (QED) is 0.690. The Morgan fingerprint density at radius 3 is 2.43 bits per heavy atom. The highest BCUT2D eigenvalue weighted by atomic mass is 16.3. The van der Waals surface area contributed by atoms with Gasteiger partial charge in [-0.2, -0.15) is 0 Å². The smallest absolute Gasteiger partial charge is 0.0715 e. The van der Waals surface area contributed by atoms with Crippen LogP contribution in [0.15, 0.2) is 0 Å². The van der Waals surface area contributed by atoms with Crippen molar-refractivity contribution in [2.24, 2.45) is 0 Å². The van der Waals surface area contributed by atoms with Crippen LogP contribution in [-0.2, 0) is 0 Å². The van der Waals surface area contributed by atoms with Gasteiger partial charge in [0.2, 0.25) is 0 Å². The lowest BCUT2D eigenvalue weighted by atomic mass is 10.1. The zero-order chi connectivity index (χ0) is 10.6. The van der Waals surface area contributed by atoms with E-state index < -0.39 is 5.60 Å². The van der Waals surface area contributed by atoms with E-state index in [1.165, 1.54) is 25.9 Å². The summed E-state index contributed by atoms with van der Waals surface area (Å²) in [6.07, 6.45) is 2.69. The van der Waals surface area contributed by atoms with E-state index in [0.717, 1.165) is 6.54 Å². The minimum absolute atomic E-state index is 0.472. The second kappa shape index (κ2) is 5.10. The van der Waals surface area contributed by atoms with Gasteiger partial charge in [0, 0.05) is 19.1 Å². The summed E-state index contributed by atoms with van der Waals surface area (Å²) in [6, 6.07) is 0.472. The molecule has 1 heterocycles. The molecule has 1 unspecified atom stereocenters. The number of likely N-dealkylation sites (tertiary alicyclic amines) is 1. The lowest BCUT2D eigenvalue weighted by Gasteiger charge is -2.25. The molecule has 0 aromatic heterocycles. The molecule has 1 rings (SSSR count). The molecule has 3 heteroatoms. The van der Waals surface area contributed by atoms with Gasteiger partial charge in [-0.25, -0.2) is 0 Å². The Labute approximate surface area is 87.5 Å². The van der Waals surface area contributed by atoms with Crippen molar-refractivity contribution >= 4 is 0 Å². The molecule has 0 radical (unpaired) electrons. The average molecular weight is 200 g/mol. The first-order valence-corrected chi connectivity index (χ1v) is 5.65. The highest BCUT2D eigenvalue weighted by Gasteiger charge is 2.17. The van der Waals surface area contributed by atoms with E-state index in [1.54, 1.807) is 0 Å². The second-order valence-electron chi connectivity index (χ2n) is 5.10. The Hall–Kier alpha value is -0.120. The van der Waals surface area contributed by atoms with Crippen molar-refractivity contribution < 1.29 is 5.11 Å². The maximum Gasteiger partial charge on any atom is 0.0715 e. The Morgan fingerprint density at radius 1 is 1.36 bits per heavy atom. The molecule has 84 valence electrons. The van der Waals surface area contributed by atoms with Crippen LogP contribution < -0.4 is 5.32 Å². The van der Waals surface area contributed by atoms with Crippen LogP contribution >= 0.6 is 0 Å². The maximum absolute atomic E-state index is 9.55. The Kier molecular flexibility index (Phi) is 4.35. The van der Waals surface area contributed by atoms with Gasteiger partial charge < -0.3 is 15.3 Å². The molecule has 0 spiro atoms. The first-order chi connectivity index (χ1) is 6.47. The van der Waals surface area contributed by atoms with Crippen LogP contribution in [0, 0.1) is 0 Å². The standard InChI is InChI=1S/C11H24N2O/c1-10(12-9-11(2,3)14)8-13-6-4-5-7-13/h10,12,14H,4-9H2,1-3H3. The predicted molar refractivity (Wildman–Crippen MR) is 59.4 cm³/mol. The van der Waals surface area contributed by atoms with E-state index in [9.17, 15) is 5.11 Å². The molecule has 1 fully saturated rings. The maximum atomic E-state index is 9.55. The molecule has 0 saturated carbocycles. The molecule has 0 aromatic carbocycles. The van der Waals surface area contributed by atoms with Crippen LogP contribution in [-0.4, -0.2) is 47.8 Å². The van der Waals surface area contributed by atoms with Crippen LogP contribution in [0.3, 0.4) is 0 Å². The summed E-state index contributed by atoms with van der Waals surface area (Å²) in [5.41, 5.74) is -0.598. The molecular weight excluding hydrogens is 176 g/mol. The highest BCUT2D eigenvalue weighted by molar-refractivity contribution is 4.76.